The van der Waals surface area contributed by atoms with E-state index in [1.54, 1.807) is 0 Å². The van der Waals surface area contributed by atoms with Crippen molar-refractivity contribution in [2.75, 3.05) is 11.5 Å². The van der Waals surface area contributed by atoms with E-state index < -0.39 is 0 Å². The Bertz CT molecular complexity index is 455. The topological polar surface area (TPSA) is 41.1 Å². The zero-order valence-corrected chi connectivity index (χ0v) is 11.2. The third-order valence-corrected chi connectivity index (χ3v) is 4.70. The Labute approximate surface area is 112 Å². The molecular formula is C14H18N2OS. The van der Waals surface area contributed by atoms with E-state index in [0.29, 0.717) is 6.04 Å². The first-order valence-corrected chi connectivity index (χ1v) is 7.69. The number of nitrogens with one attached hydrogen (secondary N) is 2. The molecule has 0 atom stereocenters. The average Bonchev–Trinajstić information content (AvgIpc) is 2.87. The summed E-state index contributed by atoms with van der Waals surface area (Å²) in [6, 6.07) is 6.41. The minimum absolute atomic E-state index is 0.0848. The quantitative estimate of drug-likeness (QED) is 0.855. The number of benzene rings is 1. The summed E-state index contributed by atoms with van der Waals surface area (Å²) < 4.78 is 0. The van der Waals surface area contributed by atoms with Gasteiger partial charge in [-0.1, -0.05) is 6.07 Å². The number of carbonyl (C=O) groups excluding carboxylic acids is 1. The highest BCUT2D eigenvalue weighted by Gasteiger charge is 2.18. The van der Waals surface area contributed by atoms with Crippen LogP contribution in [0, 0.1) is 0 Å². The van der Waals surface area contributed by atoms with Crippen LogP contribution in [-0.4, -0.2) is 23.5 Å². The fourth-order valence-corrected chi connectivity index (χ4v) is 3.65. The van der Waals surface area contributed by atoms with Crippen molar-refractivity contribution < 1.29 is 4.79 Å². The van der Waals surface area contributed by atoms with Crippen LogP contribution >= 0.6 is 11.8 Å². The van der Waals surface area contributed by atoms with Crippen LogP contribution in [0.1, 0.15) is 34.3 Å². The molecule has 4 heteroatoms. The molecule has 0 spiro atoms. The fourth-order valence-electron chi connectivity index (χ4n) is 2.55. The molecule has 0 unspecified atom stereocenters. The number of hydrogen-bond donors (Lipinski definition) is 2. The summed E-state index contributed by atoms with van der Waals surface area (Å²) in [5, 5.41) is 6.45. The maximum Gasteiger partial charge on any atom is 0.251 e. The molecule has 3 nitrogen and oxygen atoms in total. The first-order chi connectivity index (χ1) is 8.83. The van der Waals surface area contributed by atoms with Gasteiger partial charge in [-0.2, -0.15) is 11.8 Å². The highest BCUT2D eigenvalue weighted by molar-refractivity contribution is 7.99. The van der Waals surface area contributed by atoms with Gasteiger partial charge in [-0.3, -0.25) is 4.79 Å². The summed E-state index contributed by atoms with van der Waals surface area (Å²) in [4.78, 5) is 12.2. The first kappa shape index (κ1) is 12.1. The smallest absolute Gasteiger partial charge is 0.251 e. The van der Waals surface area contributed by atoms with Crippen molar-refractivity contribution in [2.45, 2.75) is 32.0 Å². The zero-order valence-electron chi connectivity index (χ0n) is 10.4. The largest absolute Gasteiger partial charge is 0.349 e. The van der Waals surface area contributed by atoms with Crippen molar-refractivity contribution >= 4 is 17.7 Å². The van der Waals surface area contributed by atoms with E-state index in [2.05, 4.69) is 16.7 Å². The Morgan fingerprint density at radius 2 is 2.00 bits per heavy atom. The second-order valence-corrected chi connectivity index (χ2v) is 6.17. The summed E-state index contributed by atoms with van der Waals surface area (Å²) in [5.41, 5.74) is 3.39. The summed E-state index contributed by atoms with van der Waals surface area (Å²) in [6.07, 6.45) is 2.20. The zero-order chi connectivity index (χ0) is 12.4. The van der Waals surface area contributed by atoms with Gasteiger partial charge < -0.3 is 10.6 Å². The van der Waals surface area contributed by atoms with Gasteiger partial charge in [0.1, 0.15) is 0 Å². The molecule has 18 heavy (non-hydrogen) atoms. The van der Waals surface area contributed by atoms with E-state index in [1.165, 1.54) is 22.6 Å². The maximum absolute atomic E-state index is 12.2. The molecule has 0 aliphatic carbocycles. The molecule has 1 saturated heterocycles. The van der Waals surface area contributed by atoms with Crippen LogP contribution in [0.15, 0.2) is 18.2 Å². The van der Waals surface area contributed by atoms with E-state index >= 15 is 0 Å². The number of amides is 1. The Hall–Kier alpha value is -1.00. The van der Waals surface area contributed by atoms with Crippen molar-refractivity contribution in [1.29, 1.82) is 0 Å². The molecule has 1 aromatic rings. The fraction of sp³-hybridized carbons (Fsp3) is 0.500. The van der Waals surface area contributed by atoms with E-state index in [-0.39, 0.29) is 5.91 Å². The second kappa shape index (κ2) is 5.33. The number of thioether (sulfide) groups is 1. The maximum atomic E-state index is 12.2. The first-order valence-electron chi connectivity index (χ1n) is 6.54. The lowest BCUT2D eigenvalue weighted by atomic mass is 10.1. The normalized spacial score (nSPS) is 19.6. The van der Waals surface area contributed by atoms with Crippen LogP contribution in [0.4, 0.5) is 0 Å². The second-order valence-electron chi connectivity index (χ2n) is 4.95. The van der Waals surface area contributed by atoms with Gasteiger partial charge >= 0.3 is 0 Å². The van der Waals surface area contributed by atoms with Crippen LogP contribution in [-0.2, 0) is 13.1 Å². The summed E-state index contributed by atoms with van der Waals surface area (Å²) in [5.74, 6) is 2.42. The minimum atomic E-state index is 0.0848. The molecular weight excluding hydrogens is 244 g/mol. The van der Waals surface area contributed by atoms with Gasteiger partial charge in [0.05, 0.1) is 0 Å². The number of carbonyl (C=O) groups is 1. The van der Waals surface area contributed by atoms with E-state index in [0.717, 1.165) is 31.5 Å². The lowest BCUT2D eigenvalue weighted by molar-refractivity contribution is 0.0935. The minimum Gasteiger partial charge on any atom is -0.349 e. The monoisotopic (exact) mass is 262 g/mol. The van der Waals surface area contributed by atoms with Gasteiger partial charge in [-0.25, -0.2) is 0 Å². The molecule has 0 radical (unpaired) electrons. The van der Waals surface area contributed by atoms with Gasteiger partial charge in [0, 0.05) is 24.7 Å². The molecule has 2 aliphatic rings. The highest BCUT2D eigenvalue weighted by atomic mass is 32.2. The number of rotatable bonds is 2. The van der Waals surface area contributed by atoms with Crippen molar-refractivity contribution in [2.24, 2.45) is 0 Å². The average molecular weight is 262 g/mol. The van der Waals surface area contributed by atoms with Gasteiger partial charge in [0.2, 0.25) is 0 Å². The van der Waals surface area contributed by atoms with Crippen LogP contribution < -0.4 is 10.6 Å². The van der Waals surface area contributed by atoms with Gasteiger partial charge in [0.15, 0.2) is 0 Å². The Kier molecular flexibility index (Phi) is 3.57. The molecule has 2 N–H and O–H groups in total. The molecule has 1 amide bonds. The van der Waals surface area contributed by atoms with Crippen molar-refractivity contribution in [3.8, 4) is 0 Å². The predicted octanol–water partition coefficient (Wildman–Crippen LogP) is 1.92. The predicted molar refractivity (Wildman–Crippen MR) is 74.8 cm³/mol. The SMILES string of the molecule is O=C(NC1CCSCC1)c1ccc2c(c1)CNC2. The van der Waals surface area contributed by atoms with Gasteiger partial charge in [0.25, 0.3) is 5.91 Å². The molecule has 1 aromatic carbocycles. The third-order valence-electron chi connectivity index (χ3n) is 3.66. The summed E-state index contributed by atoms with van der Waals surface area (Å²) in [7, 11) is 0. The van der Waals surface area contributed by atoms with Crippen LogP contribution in [0.5, 0.6) is 0 Å². The van der Waals surface area contributed by atoms with Gasteiger partial charge in [-0.15, -0.1) is 0 Å². The van der Waals surface area contributed by atoms with Crippen molar-refractivity contribution in [3.05, 3.63) is 34.9 Å². The molecule has 2 heterocycles. The standard InChI is InChI=1S/C14H18N2OS/c17-14(16-13-3-5-18-6-4-13)10-1-2-11-8-15-9-12(11)7-10/h1-2,7,13,15H,3-6,8-9H2,(H,16,17). The number of fused-ring (bicyclic) bond motifs is 1. The molecule has 0 bridgehead atoms. The van der Waals surface area contributed by atoms with E-state index in [9.17, 15) is 4.79 Å². The van der Waals surface area contributed by atoms with Crippen LogP contribution in [0.25, 0.3) is 0 Å². The van der Waals surface area contributed by atoms with E-state index in [4.69, 9.17) is 0 Å². The Morgan fingerprint density at radius 1 is 1.22 bits per heavy atom. The van der Waals surface area contributed by atoms with Crippen molar-refractivity contribution in [1.82, 2.24) is 10.6 Å². The molecule has 0 aromatic heterocycles. The summed E-state index contributed by atoms with van der Waals surface area (Å²) >= 11 is 1.98. The molecule has 0 saturated carbocycles. The molecule has 96 valence electrons. The molecule has 1 fully saturated rings. The lowest BCUT2D eigenvalue weighted by Crippen LogP contribution is -2.37. The lowest BCUT2D eigenvalue weighted by Gasteiger charge is -2.22. The third kappa shape index (κ3) is 2.54. The molecule has 2 aliphatic heterocycles. The highest BCUT2D eigenvalue weighted by Crippen LogP contribution is 2.19. The Morgan fingerprint density at radius 3 is 2.83 bits per heavy atom. The van der Waals surface area contributed by atoms with Crippen LogP contribution in [0.3, 0.4) is 0 Å². The summed E-state index contributed by atoms with van der Waals surface area (Å²) in [6.45, 7) is 1.81. The number of hydrogen-bond acceptors (Lipinski definition) is 3. The van der Waals surface area contributed by atoms with Crippen molar-refractivity contribution in [3.63, 3.8) is 0 Å². The van der Waals surface area contributed by atoms with Crippen LogP contribution in [0.2, 0.25) is 0 Å². The van der Waals surface area contributed by atoms with E-state index in [1.807, 2.05) is 23.9 Å². The molecule has 3 rings (SSSR count). The Balaban J connectivity index is 1.68. The van der Waals surface area contributed by atoms with Gasteiger partial charge in [-0.05, 0) is 47.6 Å².